The number of carbonyl (C=O) groups is 1. The van der Waals surface area contributed by atoms with Gasteiger partial charge in [-0.1, -0.05) is 23.2 Å². The van der Waals surface area contributed by atoms with Crippen LogP contribution in [-0.4, -0.2) is 32.2 Å². The largest absolute Gasteiger partial charge is 0.379 e. The normalized spacial score (nSPS) is 10.5. The maximum atomic E-state index is 11.7. The van der Waals surface area contributed by atoms with Crippen molar-refractivity contribution >= 4 is 29.0 Å². The second-order valence-electron chi connectivity index (χ2n) is 3.30. The molecule has 0 saturated heterocycles. The third-order valence-corrected chi connectivity index (χ3v) is 2.59. The lowest BCUT2D eigenvalue weighted by Gasteiger charge is -2.05. The van der Waals surface area contributed by atoms with Crippen molar-refractivity contribution in [3.05, 3.63) is 33.8 Å². The Morgan fingerprint density at radius 2 is 1.94 bits per heavy atom. The van der Waals surface area contributed by atoms with Crippen molar-refractivity contribution in [1.82, 2.24) is 0 Å². The molecule has 0 radical (unpaired) electrons. The number of hydrogen-bond acceptors (Lipinski definition) is 3. The standard InChI is InChI=1S/C12H14Cl2O3/c1-2-16-5-6-17-8-12(15)10-4-3-9(13)7-11(10)14/h3-4,7H,2,5-6,8H2,1H3. The van der Waals surface area contributed by atoms with E-state index in [1.807, 2.05) is 6.92 Å². The minimum atomic E-state index is -0.164. The molecule has 0 bridgehead atoms. The molecule has 0 heterocycles. The van der Waals surface area contributed by atoms with Crippen molar-refractivity contribution in [3.63, 3.8) is 0 Å². The molecule has 1 rings (SSSR count). The molecule has 0 saturated carbocycles. The van der Waals surface area contributed by atoms with Crippen molar-refractivity contribution < 1.29 is 14.3 Å². The summed E-state index contributed by atoms with van der Waals surface area (Å²) in [5.41, 5.74) is 0.424. The first kappa shape index (κ1) is 14.5. The first-order valence-corrected chi connectivity index (χ1v) is 6.04. The maximum absolute atomic E-state index is 11.7. The van der Waals surface area contributed by atoms with Gasteiger partial charge in [-0.05, 0) is 25.1 Å². The van der Waals surface area contributed by atoms with Crippen LogP contribution in [0.5, 0.6) is 0 Å². The van der Waals surface area contributed by atoms with E-state index < -0.39 is 0 Å². The molecular formula is C12H14Cl2O3. The minimum Gasteiger partial charge on any atom is -0.379 e. The molecule has 1 aromatic carbocycles. The van der Waals surface area contributed by atoms with Gasteiger partial charge in [-0.25, -0.2) is 0 Å². The number of hydrogen-bond donors (Lipinski definition) is 0. The average molecular weight is 277 g/mol. The summed E-state index contributed by atoms with van der Waals surface area (Å²) < 4.78 is 10.3. The summed E-state index contributed by atoms with van der Waals surface area (Å²) in [6.07, 6.45) is 0. The summed E-state index contributed by atoms with van der Waals surface area (Å²) in [6, 6.07) is 4.76. The van der Waals surface area contributed by atoms with Gasteiger partial charge < -0.3 is 9.47 Å². The molecule has 0 aliphatic carbocycles. The summed E-state index contributed by atoms with van der Waals surface area (Å²) in [6.45, 7) is 3.41. The van der Waals surface area contributed by atoms with Crippen LogP contribution in [-0.2, 0) is 9.47 Å². The molecule has 5 heteroatoms. The monoisotopic (exact) mass is 276 g/mol. The van der Waals surface area contributed by atoms with E-state index in [0.29, 0.717) is 35.4 Å². The smallest absolute Gasteiger partial charge is 0.189 e. The van der Waals surface area contributed by atoms with Gasteiger partial charge >= 0.3 is 0 Å². The zero-order chi connectivity index (χ0) is 12.7. The van der Waals surface area contributed by atoms with E-state index in [-0.39, 0.29) is 12.4 Å². The van der Waals surface area contributed by atoms with Gasteiger partial charge in [0.25, 0.3) is 0 Å². The molecule has 0 fully saturated rings. The van der Waals surface area contributed by atoms with Gasteiger partial charge in [0.2, 0.25) is 0 Å². The van der Waals surface area contributed by atoms with Gasteiger partial charge in [-0.2, -0.15) is 0 Å². The van der Waals surface area contributed by atoms with Gasteiger partial charge in [-0.15, -0.1) is 0 Å². The quantitative estimate of drug-likeness (QED) is 0.567. The molecule has 17 heavy (non-hydrogen) atoms. The van der Waals surface area contributed by atoms with E-state index in [1.165, 1.54) is 6.07 Å². The Balaban J connectivity index is 2.42. The molecule has 1 aromatic rings. The van der Waals surface area contributed by atoms with Crippen LogP contribution in [0.3, 0.4) is 0 Å². The van der Waals surface area contributed by atoms with Crippen LogP contribution in [0.2, 0.25) is 10.0 Å². The first-order chi connectivity index (χ1) is 8.15. The Bertz CT molecular complexity index is 380. The summed E-state index contributed by atoms with van der Waals surface area (Å²) in [4.78, 5) is 11.7. The predicted octanol–water partition coefficient (Wildman–Crippen LogP) is 3.23. The number of Topliss-reactive ketones (excluding diaryl/α,β-unsaturated/α-hetero) is 1. The summed E-state index contributed by atoms with van der Waals surface area (Å²) in [5, 5.41) is 0.847. The number of ketones is 1. The van der Waals surface area contributed by atoms with Crippen LogP contribution in [0.1, 0.15) is 17.3 Å². The second kappa shape index (κ2) is 7.67. The third kappa shape index (κ3) is 5.04. The predicted molar refractivity (Wildman–Crippen MR) is 68.1 cm³/mol. The van der Waals surface area contributed by atoms with Gasteiger partial charge in [0.15, 0.2) is 5.78 Å². The van der Waals surface area contributed by atoms with E-state index in [4.69, 9.17) is 32.7 Å². The lowest BCUT2D eigenvalue weighted by atomic mass is 10.1. The lowest BCUT2D eigenvalue weighted by molar-refractivity contribution is 0.0475. The Labute approximate surface area is 111 Å². The number of halogens is 2. The molecule has 0 aromatic heterocycles. The number of rotatable bonds is 7. The molecular weight excluding hydrogens is 263 g/mol. The first-order valence-electron chi connectivity index (χ1n) is 5.29. The average Bonchev–Trinajstić information content (AvgIpc) is 2.28. The van der Waals surface area contributed by atoms with Crippen LogP contribution in [0.25, 0.3) is 0 Å². The van der Waals surface area contributed by atoms with E-state index in [0.717, 1.165) is 0 Å². The van der Waals surface area contributed by atoms with E-state index in [1.54, 1.807) is 12.1 Å². The van der Waals surface area contributed by atoms with E-state index in [9.17, 15) is 4.79 Å². The van der Waals surface area contributed by atoms with Crippen molar-refractivity contribution in [2.45, 2.75) is 6.92 Å². The van der Waals surface area contributed by atoms with Gasteiger partial charge in [0.05, 0.1) is 18.2 Å². The summed E-state index contributed by atoms with van der Waals surface area (Å²) >= 11 is 11.6. The highest BCUT2D eigenvalue weighted by molar-refractivity contribution is 6.36. The molecule has 0 amide bonds. The van der Waals surface area contributed by atoms with Crippen molar-refractivity contribution in [2.24, 2.45) is 0 Å². The fourth-order valence-corrected chi connectivity index (χ4v) is 1.73. The number of ether oxygens (including phenoxy) is 2. The minimum absolute atomic E-state index is 0.00553. The second-order valence-corrected chi connectivity index (χ2v) is 4.14. The Kier molecular flexibility index (Phi) is 6.52. The van der Waals surface area contributed by atoms with Gasteiger partial charge in [0.1, 0.15) is 6.61 Å². The van der Waals surface area contributed by atoms with Crippen LogP contribution in [0, 0.1) is 0 Å². The van der Waals surface area contributed by atoms with Crippen molar-refractivity contribution in [2.75, 3.05) is 26.4 Å². The maximum Gasteiger partial charge on any atom is 0.189 e. The highest BCUT2D eigenvalue weighted by Gasteiger charge is 2.10. The molecule has 0 spiro atoms. The number of benzene rings is 1. The molecule has 0 aliphatic rings. The van der Waals surface area contributed by atoms with Crippen molar-refractivity contribution in [3.8, 4) is 0 Å². The Morgan fingerprint density at radius 1 is 1.24 bits per heavy atom. The molecule has 94 valence electrons. The number of carbonyl (C=O) groups excluding carboxylic acids is 1. The zero-order valence-electron chi connectivity index (χ0n) is 9.54. The fraction of sp³-hybridized carbons (Fsp3) is 0.417. The highest BCUT2D eigenvalue weighted by atomic mass is 35.5. The molecule has 0 atom stereocenters. The summed E-state index contributed by atoms with van der Waals surface area (Å²) in [7, 11) is 0. The van der Waals surface area contributed by atoms with Crippen LogP contribution < -0.4 is 0 Å². The fourth-order valence-electron chi connectivity index (χ4n) is 1.22. The Morgan fingerprint density at radius 3 is 2.59 bits per heavy atom. The lowest BCUT2D eigenvalue weighted by Crippen LogP contribution is -2.13. The third-order valence-electron chi connectivity index (χ3n) is 2.04. The molecule has 0 aliphatic heterocycles. The molecule has 0 unspecified atom stereocenters. The van der Waals surface area contributed by atoms with Crippen LogP contribution >= 0.6 is 23.2 Å². The van der Waals surface area contributed by atoms with Gasteiger partial charge in [-0.3, -0.25) is 4.79 Å². The van der Waals surface area contributed by atoms with Crippen LogP contribution in [0.15, 0.2) is 18.2 Å². The Hall–Kier alpha value is -0.610. The molecule has 3 nitrogen and oxygen atoms in total. The SMILES string of the molecule is CCOCCOCC(=O)c1ccc(Cl)cc1Cl. The van der Waals surface area contributed by atoms with Crippen LogP contribution in [0.4, 0.5) is 0 Å². The topological polar surface area (TPSA) is 35.5 Å². The highest BCUT2D eigenvalue weighted by Crippen LogP contribution is 2.21. The van der Waals surface area contributed by atoms with E-state index in [2.05, 4.69) is 0 Å². The zero-order valence-corrected chi connectivity index (χ0v) is 11.1. The van der Waals surface area contributed by atoms with E-state index >= 15 is 0 Å². The molecule has 0 N–H and O–H groups in total. The summed E-state index contributed by atoms with van der Waals surface area (Å²) in [5.74, 6) is -0.164. The van der Waals surface area contributed by atoms with Crippen molar-refractivity contribution in [1.29, 1.82) is 0 Å². The van der Waals surface area contributed by atoms with Gasteiger partial charge in [0, 0.05) is 17.2 Å².